The van der Waals surface area contributed by atoms with E-state index in [-0.39, 0.29) is 5.75 Å². The van der Waals surface area contributed by atoms with Gasteiger partial charge in [0.15, 0.2) is 0 Å². The van der Waals surface area contributed by atoms with Gasteiger partial charge in [0.25, 0.3) is 0 Å². The van der Waals surface area contributed by atoms with E-state index < -0.39 is 10.0 Å². The molecule has 8 heteroatoms. The zero-order chi connectivity index (χ0) is 16.3. The van der Waals surface area contributed by atoms with Crippen molar-refractivity contribution in [2.24, 2.45) is 0 Å². The Labute approximate surface area is 135 Å². The largest absolute Gasteiger partial charge is 0.467 e. The van der Waals surface area contributed by atoms with Crippen LogP contribution in [0.15, 0.2) is 29.1 Å². The summed E-state index contributed by atoms with van der Waals surface area (Å²) < 4.78 is 38.8. The highest BCUT2D eigenvalue weighted by Crippen LogP contribution is 2.20. The molecule has 3 rings (SSSR count). The van der Waals surface area contributed by atoms with E-state index >= 15 is 0 Å². The number of hydrogen-bond donors (Lipinski definition) is 0. The number of hydrogen-bond acceptors (Lipinski definition) is 5. The Morgan fingerprint density at radius 3 is 2.96 bits per heavy atom. The molecule has 0 fully saturated rings. The second kappa shape index (κ2) is 6.86. The van der Waals surface area contributed by atoms with Gasteiger partial charge in [-0.15, -0.1) is 0 Å². The Hall–Kier alpha value is -1.64. The van der Waals surface area contributed by atoms with Gasteiger partial charge in [0.05, 0.1) is 42.9 Å². The molecule has 2 aromatic rings. The van der Waals surface area contributed by atoms with E-state index in [1.807, 2.05) is 16.7 Å². The number of rotatable bonds is 6. The second-order valence-corrected chi connectivity index (χ2v) is 7.75. The van der Waals surface area contributed by atoms with Crippen LogP contribution in [-0.2, 0) is 41.1 Å². The van der Waals surface area contributed by atoms with Gasteiger partial charge in [-0.1, -0.05) is 0 Å². The molecule has 0 saturated heterocycles. The van der Waals surface area contributed by atoms with Gasteiger partial charge in [-0.2, -0.15) is 4.31 Å². The predicted octanol–water partition coefficient (Wildman–Crippen LogP) is 1.75. The normalized spacial score (nSPS) is 16.2. The van der Waals surface area contributed by atoms with Crippen molar-refractivity contribution in [1.29, 1.82) is 0 Å². The molecule has 0 spiro atoms. The Morgan fingerprint density at radius 2 is 2.22 bits per heavy atom. The maximum absolute atomic E-state index is 12.2. The molecule has 1 aliphatic heterocycles. The lowest BCUT2D eigenvalue weighted by Crippen LogP contribution is -2.32. The lowest BCUT2D eigenvalue weighted by Gasteiger charge is -2.19. The molecule has 3 heterocycles. The van der Waals surface area contributed by atoms with E-state index in [9.17, 15) is 8.42 Å². The van der Waals surface area contributed by atoms with Crippen molar-refractivity contribution in [1.82, 2.24) is 13.9 Å². The molecule has 1 aliphatic rings. The number of aryl methyl sites for hydroxylation is 1. The quantitative estimate of drug-likeness (QED) is 0.801. The number of fused-ring (bicyclic) bond motifs is 1. The number of sulfonamides is 1. The van der Waals surface area contributed by atoms with Gasteiger partial charge in [0, 0.05) is 13.1 Å². The molecule has 0 atom stereocenters. The summed E-state index contributed by atoms with van der Waals surface area (Å²) in [6, 6.07) is 3.66. The van der Waals surface area contributed by atoms with Crippen molar-refractivity contribution >= 4 is 10.0 Å². The van der Waals surface area contributed by atoms with E-state index in [4.69, 9.17) is 9.15 Å². The maximum Gasteiger partial charge on any atom is 0.214 e. The topological polar surface area (TPSA) is 77.6 Å². The number of ether oxygens (including phenoxy) is 1. The highest BCUT2D eigenvalue weighted by Gasteiger charge is 2.26. The average Bonchev–Trinajstić information content (AvgIpc) is 3.13. The summed E-state index contributed by atoms with van der Waals surface area (Å²) >= 11 is 0. The highest BCUT2D eigenvalue weighted by molar-refractivity contribution is 7.89. The van der Waals surface area contributed by atoms with Gasteiger partial charge in [-0.25, -0.2) is 13.4 Å². The van der Waals surface area contributed by atoms with Crippen LogP contribution in [0.2, 0.25) is 0 Å². The second-order valence-electron chi connectivity index (χ2n) is 5.49. The number of aromatic nitrogens is 2. The minimum Gasteiger partial charge on any atom is -0.467 e. The van der Waals surface area contributed by atoms with Crippen LogP contribution in [0.25, 0.3) is 0 Å². The van der Waals surface area contributed by atoms with Crippen LogP contribution >= 0.6 is 0 Å². The van der Waals surface area contributed by atoms with Crippen molar-refractivity contribution in [3.05, 3.63) is 41.9 Å². The lowest BCUT2D eigenvalue weighted by atomic mass is 10.3. The van der Waals surface area contributed by atoms with E-state index in [1.54, 1.807) is 23.8 Å². The zero-order valence-corrected chi connectivity index (χ0v) is 14.0. The predicted molar refractivity (Wildman–Crippen MR) is 83.9 cm³/mol. The van der Waals surface area contributed by atoms with Gasteiger partial charge < -0.3 is 13.7 Å². The SMILES string of the molecule is CCS(=O)(=O)N1CCCn2cnc(COCc3ccco3)c2C1. The van der Waals surface area contributed by atoms with Crippen molar-refractivity contribution in [3.63, 3.8) is 0 Å². The molecule has 0 N–H and O–H groups in total. The molecule has 2 aromatic heterocycles. The van der Waals surface area contributed by atoms with Crippen LogP contribution in [0.4, 0.5) is 0 Å². The first-order valence-corrected chi connectivity index (χ1v) is 9.32. The van der Waals surface area contributed by atoms with Crippen molar-refractivity contribution in [3.8, 4) is 0 Å². The van der Waals surface area contributed by atoms with Crippen LogP contribution in [0.5, 0.6) is 0 Å². The van der Waals surface area contributed by atoms with E-state index in [0.29, 0.717) is 26.3 Å². The van der Waals surface area contributed by atoms with E-state index in [0.717, 1.165) is 30.1 Å². The summed E-state index contributed by atoms with van der Waals surface area (Å²) in [5.74, 6) is 0.872. The first-order chi connectivity index (χ1) is 11.1. The number of nitrogens with zero attached hydrogens (tertiary/aromatic N) is 3. The van der Waals surface area contributed by atoms with Crippen molar-refractivity contribution in [2.45, 2.75) is 39.6 Å². The summed E-state index contributed by atoms with van der Waals surface area (Å²) in [5.41, 5.74) is 1.70. The fourth-order valence-corrected chi connectivity index (χ4v) is 3.76. The molecule has 0 aromatic carbocycles. The minimum absolute atomic E-state index is 0.117. The highest BCUT2D eigenvalue weighted by atomic mass is 32.2. The monoisotopic (exact) mass is 339 g/mol. The zero-order valence-electron chi connectivity index (χ0n) is 13.1. The maximum atomic E-state index is 12.2. The molecule has 0 bridgehead atoms. The molecular formula is C15H21N3O4S. The molecule has 0 amide bonds. The van der Waals surface area contributed by atoms with Crippen LogP contribution in [0, 0.1) is 0 Å². The Kier molecular flexibility index (Phi) is 4.84. The van der Waals surface area contributed by atoms with Crippen molar-refractivity contribution < 1.29 is 17.6 Å². The smallest absolute Gasteiger partial charge is 0.214 e. The summed E-state index contributed by atoms with van der Waals surface area (Å²) in [4.78, 5) is 4.39. The Morgan fingerprint density at radius 1 is 1.35 bits per heavy atom. The third kappa shape index (κ3) is 3.65. The molecule has 0 saturated carbocycles. The number of furan rings is 1. The molecule has 126 valence electrons. The summed E-state index contributed by atoms with van der Waals surface area (Å²) in [6.07, 6.45) is 4.16. The molecular weight excluding hydrogens is 318 g/mol. The molecule has 0 radical (unpaired) electrons. The van der Waals surface area contributed by atoms with Gasteiger partial charge in [0.2, 0.25) is 10.0 Å². The van der Waals surface area contributed by atoms with Gasteiger partial charge >= 0.3 is 0 Å². The molecule has 0 aliphatic carbocycles. The van der Waals surface area contributed by atoms with Crippen molar-refractivity contribution in [2.75, 3.05) is 12.3 Å². The van der Waals surface area contributed by atoms with Crippen LogP contribution in [-0.4, -0.2) is 34.6 Å². The number of imidazole rings is 1. The molecule has 0 unspecified atom stereocenters. The molecule has 23 heavy (non-hydrogen) atoms. The first-order valence-electron chi connectivity index (χ1n) is 7.71. The fourth-order valence-electron chi connectivity index (χ4n) is 2.67. The minimum atomic E-state index is -3.20. The summed E-state index contributed by atoms with van der Waals surface area (Å²) in [5, 5.41) is 0. The van der Waals surface area contributed by atoms with Crippen LogP contribution < -0.4 is 0 Å². The van der Waals surface area contributed by atoms with E-state index in [1.165, 1.54) is 0 Å². The van der Waals surface area contributed by atoms with Gasteiger partial charge in [-0.05, 0) is 25.5 Å². The average molecular weight is 339 g/mol. The van der Waals surface area contributed by atoms with Gasteiger partial charge in [0.1, 0.15) is 12.4 Å². The summed E-state index contributed by atoms with van der Waals surface area (Å²) in [7, 11) is -3.20. The summed E-state index contributed by atoms with van der Waals surface area (Å²) in [6.45, 7) is 4.06. The van der Waals surface area contributed by atoms with Crippen LogP contribution in [0.1, 0.15) is 30.5 Å². The first kappa shape index (κ1) is 16.2. The Balaban J connectivity index is 1.71. The fraction of sp³-hybridized carbons (Fsp3) is 0.533. The third-order valence-corrected chi connectivity index (χ3v) is 5.81. The van der Waals surface area contributed by atoms with Crippen LogP contribution in [0.3, 0.4) is 0 Å². The third-order valence-electron chi connectivity index (χ3n) is 3.99. The van der Waals surface area contributed by atoms with Gasteiger partial charge in [-0.3, -0.25) is 0 Å². The van der Waals surface area contributed by atoms with E-state index in [2.05, 4.69) is 4.98 Å². The lowest BCUT2D eigenvalue weighted by molar-refractivity contribution is 0.0900. The standard InChI is InChI=1S/C15H21N3O4S/c1-2-23(19,20)18-7-4-6-17-12-16-14(15(17)9-18)11-21-10-13-5-3-8-22-13/h3,5,8,12H,2,4,6-7,9-11H2,1H3. The molecule has 7 nitrogen and oxygen atoms in total. The Bertz CT molecular complexity index is 737.